The highest BCUT2D eigenvalue weighted by atomic mass is 35.5. The summed E-state index contributed by atoms with van der Waals surface area (Å²) >= 11 is 6.54. The minimum absolute atomic E-state index is 0.0402. The number of aromatic nitrogens is 1. The maximum Gasteiger partial charge on any atom is 0.335 e. The van der Waals surface area contributed by atoms with Crippen LogP contribution in [0.15, 0.2) is 40.9 Å². The second-order valence-corrected chi connectivity index (χ2v) is 10.3. The highest BCUT2D eigenvalue weighted by Gasteiger charge is 2.46. The first-order valence-corrected chi connectivity index (χ1v) is 12.4. The summed E-state index contributed by atoms with van der Waals surface area (Å²) in [6.07, 6.45) is 3.99. The van der Waals surface area contributed by atoms with E-state index in [9.17, 15) is 9.18 Å². The Labute approximate surface area is 207 Å². The van der Waals surface area contributed by atoms with Crippen molar-refractivity contribution in [1.82, 2.24) is 5.16 Å². The predicted molar refractivity (Wildman–Crippen MR) is 129 cm³/mol. The Hall–Kier alpha value is -2.90. The molecule has 1 N–H and O–H groups in total. The number of hydrogen-bond acceptors (Lipinski definition) is 5. The molecule has 2 aromatic carbocycles. The van der Waals surface area contributed by atoms with Crippen molar-refractivity contribution in [3.63, 3.8) is 0 Å². The third-order valence-electron chi connectivity index (χ3n) is 7.65. The van der Waals surface area contributed by atoms with Crippen LogP contribution in [0.1, 0.15) is 58.8 Å². The molecular weight excluding hydrogens is 471 g/mol. The van der Waals surface area contributed by atoms with Crippen molar-refractivity contribution in [3.05, 3.63) is 69.7 Å². The number of carboxylic acid groups (broad SMARTS) is 1. The van der Waals surface area contributed by atoms with E-state index >= 15 is 0 Å². The molecule has 1 aromatic heterocycles. The van der Waals surface area contributed by atoms with Gasteiger partial charge in [0.1, 0.15) is 17.3 Å². The van der Waals surface area contributed by atoms with E-state index < -0.39 is 11.8 Å². The average molecular weight is 497 g/mol. The highest BCUT2D eigenvalue weighted by molar-refractivity contribution is 6.33. The molecule has 3 atom stereocenters. The van der Waals surface area contributed by atoms with Crippen LogP contribution in [0.5, 0.6) is 0 Å². The summed E-state index contributed by atoms with van der Waals surface area (Å²) in [5, 5.41) is 14.2. The third-order valence-corrected chi connectivity index (χ3v) is 7.96. The van der Waals surface area contributed by atoms with Crippen LogP contribution in [0, 0.1) is 18.7 Å². The zero-order valence-corrected chi connectivity index (χ0v) is 20.1. The van der Waals surface area contributed by atoms with Crippen molar-refractivity contribution in [3.8, 4) is 11.3 Å². The summed E-state index contributed by atoms with van der Waals surface area (Å²) in [7, 11) is 0. The van der Waals surface area contributed by atoms with Crippen molar-refractivity contribution in [2.45, 2.75) is 57.3 Å². The van der Waals surface area contributed by atoms with Gasteiger partial charge in [-0.1, -0.05) is 28.9 Å². The van der Waals surface area contributed by atoms with Crippen molar-refractivity contribution in [1.29, 1.82) is 0 Å². The molecule has 0 spiro atoms. The van der Waals surface area contributed by atoms with Crippen LogP contribution in [0.4, 0.5) is 10.1 Å². The number of halogens is 2. The molecule has 3 aromatic rings. The van der Waals surface area contributed by atoms with E-state index in [1.165, 1.54) is 6.07 Å². The second-order valence-electron chi connectivity index (χ2n) is 9.94. The van der Waals surface area contributed by atoms with E-state index in [1.807, 2.05) is 25.1 Å². The first-order chi connectivity index (χ1) is 16.9. The summed E-state index contributed by atoms with van der Waals surface area (Å²) in [6, 6.07) is 10.1. The minimum atomic E-state index is -1.13. The number of aryl methyl sites for hydroxylation is 1. The fraction of sp³-hybridized carbons (Fsp3) is 0.407. The monoisotopic (exact) mass is 496 g/mol. The van der Waals surface area contributed by atoms with Gasteiger partial charge in [-0.15, -0.1) is 0 Å². The summed E-state index contributed by atoms with van der Waals surface area (Å²) in [4.78, 5) is 13.2. The fourth-order valence-electron chi connectivity index (χ4n) is 5.72. The first-order valence-electron chi connectivity index (χ1n) is 12.1. The third kappa shape index (κ3) is 4.00. The predicted octanol–water partition coefficient (Wildman–Crippen LogP) is 6.20. The van der Waals surface area contributed by atoms with E-state index in [0.29, 0.717) is 29.8 Å². The van der Waals surface area contributed by atoms with Gasteiger partial charge in [-0.3, -0.25) is 0 Å². The number of carbonyl (C=O) groups is 1. The van der Waals surface area contributed by atoms with Crippen LogP contribution in [0.3, 0.4) is 0 Å². The molecule has 1 saturated heterocycles. The van der Waals surface area contributed by atoms with Crippen molar-refractivity contribution >= 4 is 23.3 Å². The normalized spacial score (nSPS) is 23.3. The molecule has 0 unspecified atom stereocenters. The molecule has 3 aliphatic rings. The Morgan fingerprint density at radius 3 is 2.77 bits per heavy atom. The van der Waals surface area contributed by atoms with Crippen LogP contribution >= 0.6 is 11.6 Å². The highest BCUT2D eigenvalue weighted by Crippen LogP contribution is 2.47. The Morgan fingerprint density at radius 2 is 2.11 bits per heavy atom. The number of carboxylic acids is 1. The van der Waals surface area contributed by atoms with Crippen molar-refractivity contribution in [2.75, 3.05) is 11.4 Å². The fourth-order valence-corrected chi connectivity index (χ4v) is 6.04. The van der Waals surface area contributed by atoms with Crippen molar-refractivity contribution in [2.24, 2.45) is 5.92 Å². The Balaban J connectivity index is 1.19. The number of benzene rings is 2. The number of rotatable bonds is 7. The molecule has 6 nitrogen and oxygen atoms in total. The standard InChI is InChI=1S/C27H26ClFN2O4/c1-14-3-2-4-20(28)24(14)25-19(26(35-30-25)15-5-6-15)13-34-23-11-18-9-17(23)12-31(18)22-8-7-16(27(32)33)10-21(22)29/h2-4,7-8,10,15,17-18,23H,5-6,9,11-13H2,1H3,(H,32,33)/t17-,18-,23+/m0/s1. The molecule has 3 fully saturated rings. The molecular formula is C27H26ClFN2O4. The Kier molecular flexibility index (Phi) is 5.57. The Morgan fingerprint density at radius 1 is 1.29 bits per heavy atom. The number of aromatic carboxylic acids is 1. The van der Waals surface area contributed by atoms with E-state index in [0.717, 1.165) is 59.9 Å². The molecule has 8 heteroatoms. The van der Waals surface area contributed by atoms with Gasteiger partial charge < -0.3 is 19.3 Å². The zero-order chi connectivity index (χ0) is 24.3. The number of hydrogen-bond donors (Lipinski definition) is 1. The van der Waals surface area contributed by atoms with Gasteiger partial charge in [0.25, 0.3) is 0 Å². The van der Waals surface area contributed by atoms with Crippen LogP contribution in [0.2, 0.25) is 5.02 Å². The summed E-state index contributed by atoms with van der Waals surface area (Å²) in [5.41, 5.74) is 4.11. The number of piperidine rings is 1. The van der Waals surface area contributed by atoms with E-state index in [2.05, 4.69) is 10.1 Å². The number of anilines is 1. The van der Waals surface area contributed by atoms with Gasteiger partial charge in [-0.05, 0) is 62.4 Å². The molecule has 1 aliphatic heterocycles. The van der Waals surface area contributed by atoms with Gasteiger partial charge in [0.15, 0.2) is 0 Å². The summed E-state index contributed by atoms with van der Waals surface area (Å²) in [6.45, 7) is 3.11. The van der Waals surface area contributed by atoms with Gasteiger partial charge in [0.05, 0.1) is 29.0 Å². The van der Waals surface area contributed by atoms with Gasteiger partial charge >= 0.3 is 5.97 Å². The number of fused-ring (bicyclic) bond motifs is 2. The van der Waals surface area contributed by atoms with E-state index in [4.69, 9.17) is 26.0 Å². The molecule has 2 heterocycles. The molecule has 2 saturated carbocycles. The lowest BCUT2D eigenvalue weighted by Crippen LogP contribution is -2.39. The smallest absolute Gasteiger partial charge is 0.335 e. The zero-order valence-electron chi connectivity index (χ0n) is 19.3. The lowest BCUT2D eigenvalue weighted by molar-refractivity contribution is 0.0122. The molecule has 6 rings (SSSR count). The van der Waals surface area contributed by atoms with Crippen LogP contribution in [-0.2, 0) is 11.3 Å². The van der Waals surface area contributed by atoms with Crippen molar-refractivity contribution < 1.29 is 23.6 Å². The largest absolute Gasteiger partial charge is 0.478 e. The Bertz CT molecular complexity index is 1280. The van der Waals surface area contributed by atoms with E-state index in [-0.39, 0.29) is 23.6 Å². The lowest BCUT2D eigenvalue weighted by Gasteiger charge is -2.33. The minimum Gasteiger partial charge on any atom is -0.478 e. The first kappa shape index (κ1) is 22.6. The number of nitrogens with zero attached hydrogens (tertiary/aromatic N) is 2. The molecule has 0 amide bonds. The van der Waals surface area contributed by atoms with Gasteiger partial charge in [0, 0.05) is 35.5 Å². The SMILES string of the molecule is Cc1cccc(Cl)c1-c1noc(C2CC2)c1CO[C@@H]1C[C@@H]2C[C@H]1CN2c1ccc(C(=O)O)cc1F. The maximum absolute atomic E-state index is 14.7. The van der Waals surface area contributed by atoms with E-state index in [1.54, 1.807) is 6.07 Å². The lowest BCUT2D eigenvalue weighted by atomic mass is 10.00. The molecule has 2 bridgehead atoms. The topological polar surface area (TPSA) is 75.8 Å². The van der Waals surface area contributed by atoms with Crippen LogP contribution in [0.25, 0.3) is 11.3 Å². The molecule has 35 heavy (non-hydrogen) atoms. The van der Waals surface area contributed by atoms with Crippen LogP contribution < -0.4 is 4.90 Å². The molecule has 182 valence electrons. The van der Waals surface area contributed by atoms with Gasteiger partial charge in [0.2, 0.25) is 0 Å². The van der Waals surface area contributed by atoms with Gasteiger partial charge in [-0.2, -0.15) is 0 Å². The van der Waals surface area contributed by atoms with Gasteiger partial charge in [-0.25, -0.2) is 9.18 Å². The molecule has 0 radical (unpaired) electrons. The number of ether oxygens (including phenoxy) is 1. The second kappa shape index (κ2) is 8.64. The average Bonchev–Trinajstić information content (AvgIpc) is 3.28. The summed E-state index contributed by atoms with van der Waals surface area (Å²) in [5.74, 6) is -0.0337. The maximum atomic E-state index is 14.7. The quantitative estimate of drug-likeness (QED) is 0.419. The molecule has 2 aliphatic carbocycles. The van der Waals surface area contributed by atoms with Crippen LogP contribution in [-0.4, -0.2) is 34.9 Å². The summed E-state index contributed by atoms with van der Waals surface area (Å²) < 4.78 is 26.9.